The highest BCUT2D eigenvalue weighted by Gasteiger charge is 2.09. The van der Waals surface area contributed by atoms with Gasteiger partial charge in [-0.1, -0.05) is 0 Å². The number of fused-ring (bicyclic) bond motifs is 1. The van der Waals surface area contributed by atoms with Crippen LogP contribution in [0.25, 0.3) is 11.0 Å². The number of rotatable bonds is 4. The molecule has 0 fully saturated rings. The number of hydrogen-bond donors (Lipinski definition) is 4. The molecule has 3 rings (SSSR count). The van der Waals surface area contributed by atoms with Gasteiger partial charge in [-0.2, -0.15) is 26.4 Å². The third-order valence-corrected chi connectivity index (χ3v) is 3.76. The average Bonchev–Trinajstić information content (AvgIpc) is 3.04. The Hall–Kier alpha value is -2.19. The van der Waals surface area contributed by atoms with Crippen molar-refractivity contribution in [2.24, 2.45) is 5.84 Å². The fourth-order valence-corrected chi connectivity index (χ4v) is 2.64. The molecule has 3 aromatic heterocycles. The van der Waals surface area contributed by atoms with E-state index in [9.17, 15) is 0 Å². The lowest BCUT2D eigenvalue weighted by Crippen LogP contribution is -2.12. The molecule has 0 unspecified atom stereocenters. The van der Waals surface area contributed by atoms with E-state index >= 15 is 0 Å². The predicted molar refractivity (Wildman–Crippen MR) is 75.9 cm³/mol. The third kappa shape index (κ3) is 2.23. The molecule has 3 heterocycles. The summed E-state index contributed by atoms with van der Waals surface area (Å²) in [6, 6.07) is 0. The van der Waals surface area contributed by atoms with E-state index in [1.165, 1.54) is 11.1 Å². The Morgan fingerprint density at radius 3 is 3.00 bits per heavy atom. The van der Waals surface area contributed by atoms with Gasteiger partial charge in [-0.05, 0) is 28.8 Å². The van der Waals surface area contributed by atoms with E-state index in [1.54, 1.807) is 17.5 Å². The quantitative estimate of drug-likeness (QED) is 0.426. The highest BCUT2D eigenvalue weighted by atomic mass is 32.1. The first kappa shape index (κ1) is 11.9. The van der Waals surface area contributed by atoms with Crippen LogP contribution in [-0.4, -0.2) is 20.2 Å². The summed E-state index contributed by atoms with van der Waals surface area (Å²) in [6.07, 6.45) is 1.69. The molecule has 0 spiro atoms. The van der Waals surface area contributed by atoms with Crippen molar-refractivity contribution >= 4 is 34.1 Å². The zero-order valence-corrected chi connectivity index (χ0v) is 11.1. The predicted octanol–water partition coefficient (Wildman–Crippen LogP) is 1.62. The molecule has 7 nitrogen and oxygen atoms in total. The van der Waals surface area contributed by atoms with Gasteiger partial charge in [0.2, 0.25) is 5.95 Å². The SMILES string of the molecule is Cc1cscc1CNc1nc(NN)nc2[nH]ncc12. The summed E-state index contributed by atoms with van der Waals surface area (Å²) in [4.78, 5) is 8.48. The van der Waals surface area contributed by atoms with Crippen molar-refractivity contribution in [3.63, 3.8) is 0 Å². The molecular formula is C11H13N7S. The highest BCUT2D eigenvalue weighted by Crippen LogP contribution is 2.21. The van der Waals surface area contributed by atoms with E-state index < -0.39 is 0 Å². The number of aryl methyl sites for hydroxylation is 1. The summed E-state index contributed by atoms with van der Waals surface area (Å²) in [7, 11) is 0. The van der Waals surface area contributed by atoms with Crippen LogP contribution in [0.3, 0.4) is 0 Å². The number of hydrazine groups is 1. The molecule has 5 N–H and O–H groups in total. The summed E-state index contributed by atoms with van der Waals surface area (Å²) in [5, 5.41) is 15.1. The molecule has 8 heteroatoms. The van der Waals surface area contributed by atoms with Crippen molar-refractivity contribution in [2.45, 2.75) is 13.5 Å². The van der Waals surface area contributed by atoms with Gasteiger partial charge in [-0.15, -0.1) is 0 Å². The Bertz CT molecular complexity index is 702. The van der Waals surface area contributed by atoms with Gasteiger partial charge in [0.25, 0.3) is 0 Å². The summed E-state index contributed by atoms with van der Waals surface area (Å²) in [5.74, 6) is 6.41. The first-order valence-electron chi connectivity index (χ1n) is 5.71. The van der Waals surface area contributed by atoms with Crippen LogP contribution in [0.1, 0.15) is 11.1 Å². The minimum Gasteiger partial charge on any atom is -0.365 e. The highest BCUT2D eigenvalue weighted by molar-refractivity contribution is 7.08. The number of hydrogen-bond acceptors (Lipinski definition) is 7. The molecule has 19 heavy (non-hydrogen) atoms. The molecule has 98 valence electrons. The van der Waals surface area contributed by atoms with Gasteiger partial charge in [0.05, 0.1) is 11.6 Å². The minimum absolute atomic E-state index is 0.348. The zero-order chi connectivity index (χ0) is 13.2. The first-order valence-corrected chi connectivity index (χ1v) is 6.65. The number of thiophene rings is 1. The minimum atomic E-state index is 0.348. The van der Waals surface area contributed by atoms with E-state index in [0.29, 0.717) is 24.0 Å². The number of nitrogens with zero attached hydrogens (tertiary/aromatic N) is 3. The number of aromatic amines is 1. The molecule has 0 atom stereocenters. The van der Waals surface area contributed by atoms with E-state index in [1.807, 2.05) is 0 Å². The van der Waals surface area contributed by atoms with Crippen molar-refractivity contribution in [3.8, 4) is 0 Å². The van der Waals surface area contributed by atoms with Gasteiger partial charge < -0.3 is 5.32 Å². The van der Waals surface area contributed by atoms with Gasteiger partial charge in [0.15, 0.2) is 5.65 Å². The van der Waals surface area contributed by atoms with Crippen LogP contribution in [0.2, 0.25) is 0 Å². The van der Waals surface area contributed by atoms with Gasteiger partial charge >= 0.3 is 0 Å². The molecule has 0 aromatic carbocycles. The number of nitrogen functional groups attached to an aromatic ring is 1. The zero-order valence-electron chi connectivity index (χ0n) is 10.3. The van der Waals surface area contributed by atoms with Crippen LogP contribution < -0.4 is 16.6 Å². The van der Waals surface area contributed by atoms with Crippen LogP contribution in [0, 0.1) is 6.92 Å². The van der Waals surface area contributed by atoms with Crippen LogP contribution in [-0.2, 0) is 6.54 Å². The molecule has 0 bridgehead atoms. The largest absolute Gasteiger partial charge is 0.365 e. The number of H-pyrrole nitrogens is 1. The standard InChI is InChI=1S/C11H13N7S/c1-6-4-19-5-7(6)2-13-9-8-3-14-18-10(8)16-11(15-9)17-12/h3-5H,2,12H2,1H3,(H3,13,14,15,16,17,18). The summed E-state index contributed by atoms with van der Waals surface area (Å²) < 4.78 is 0. The maximum Gasteiger partial charge on any atom is 0.241 e. The molecule has 0 saturated heterocycles. The Morgan fingerprint density at radius 1 is 1.37 bits per heavy atom. The topological polar surface area (TPSA) is 105 Å². The first-order chi connectivity index (χ1) is 9.28. The fraction of sp³-hybridized carbons (Fsp3) is 0.182. The molecular weight excluding hydrogens is 262 g/mol. The van der Waals surface area contributed by atoms with Crippen molar-refractivity contribution in [1.29, 1.82) is 0 Å². The second-order valence-electron chi connectivity index (χ2n) is 4.11. The van der Waals surface area contributed by atoms with E-state index in [-0.39, 0.29) is 0 Å². The van der Waals surface area contributed by atoms with Gasteiger partial charge in [-0.25, -0.2) is 5.84 Å². The summed E-state index contributed by atoms with van der Waals surface area (Å²) >= 11 is 1.69. The van der Waals surface area contributed by atoms with Crippen LogP contribution in [0.15, 0.2) is 17.0 Å². The van der Waals surface area contributed by atoms with Gasteiger partial charge in [0, 0.05) is 6.54 Å². The molecule has 0 saturated carbocycles. The molecule has 0 aliphatic heterocycles. The maximum absolute atomic E-state index is 5.36. The van der Waals surface area contributed by atoms with Crippen molar-refractivity contribution in [1.82, 2.24) is 20.2 Å². The number of anilines is 2. The van der Waals surface area contributed by atoms with Gasteiger partial charge in [0.1, 0.15) is 5.82 Å². The lowest BCUT2D eigenvalue weighted by molar-refractivity contribution is 1.06. The smallest absolute Gasteiger partial charge is 0.241 e. The molecule has 0 radical (unpaired) electrons. The Balaban J connectivity index is 1.91. The third-order valence-electron chi connectivity index (χ3n) is 2.85. The molecule has 0 amide bonds. The molecule has 3 aromatic rings. The maximum atomic E-state index is 5.36. The van der Waals surface area contributed by atoms with Crippen LogP contribution >= 0.6 is 11.3 Å². The molecule has 0 aliphatic carbocycles. The summed E-state index contributed by atoms with van der Waals surface area (Å²) in [6.45, 7) is 2.80. The lowest BCUT2D eigenvalue weighted by Gasteiger charge is -2.07. The van der Waals surface area contributed by atoms with E-state index in [2.05, 4.69) is 48.6 Å². The van der Waals surface area contributed by atoms with E-state index in [0.717, 1.165) is 5.39 Å². The lowest BCUT2D eigenvalue weighted by atomic mass is 10.2. The van der Waals surface area contributed by atoms with Crippen molar-refractivity contribution in [2.75, 3.05) is 10.7 Å². The van der Waals surface area contributed by atoms with Crippen molar-refractivity contribution in [3.05, 3.63) is 28.1 Å². The second-order valence-corrected chi connectivity index (χ2v) is 4.85. The normalized spacial score (nSPS) is 10.8. The van der Waals surface area contributed by atoms with Crippen LogP contribution in [0.4, 0.5) is 11.8 Å². The summed E-state index contributed by atoms with van der Waals surface area (Å²) in [5.41, 5.74) is 5.61. The van der Waals surface area contributed by atoms with Gasteiger partial charge in [-0.3, -0.25) is 10.5 Å². The van der Waals surface area contributed by atoms with Crippen LogP contribution in [0.5, 0.6) is 0 Å². The Kier molecular flexibility index (Phi) is 3.02. The fourth-order valence-electron chi connectivity index (χ4n) is 1.78. The van der Waals surface area contributed by atoms with E-state index in [4.69, 9.17) is 5.84 Å². The number of aromatic nitrogens is 4. The Labute approximate surface area is 113 Å². The monoisotopic (exact) mass is 275 g/mol. The average molecular weight is 275 g/mol. The second kappa shape index (κ2) is 4.82. The molecule has 0 aliphatic rings. The number of nitrogens with one attached hydrogen (secondary N) is 3. The number of nitrogens with two attached hydrogens (primary N) is 1. The van der Waals surface area contributed by atoms with Crippen molar-refractivity contribution < 1.29 is 0 Å². The Morgan fingerprint density at radius 2 is 2.26 bits per heavy atom.